The van der Waals surface area contributed by atoms with Crippen LogP contribution in [0.25, 0.3) is 0 Å². The van der Waals surface area contributed by atoms with E-state index in [1.54, 1.807) is 4.39 Å². The van der Waals surface area contributed by atoms with Crippen molar-refractivity contribution in [1.82, 2.24) is 4.57 Å². The van der Waals surface area contributed by atoms with Crippen molar-refractivity contribution in [2.75, 3.05) is 0 Å². The molecule has 1 rings (SSSR count). The van der Waals surface area contributed by atoms with E-state index in [0.717, 1.165) is 6.54 Å². The van der Waals surface area contributed by atoms with Gasteiger partial charge in [0.1, 0.15) is 12.4 Å². The van der Waals surface area contributed by atoms with Gasteiger partial charge in [0, 0.05) is 22.6 Å². The van der Waals surface area contributed by atoms with E-state index in [1.807, 2.05) is 11.8 Å². The second-order valence-electron chi connectivity index (χ2n) is 5.99. The minimum Gasteiger partial charge on any atom is -0.273 e. The minimum absolute atomic E-state index is 0.706. The van der Waals surface area contributed by atoms with E-state index in [4.69, 9.17) is 0 Å². The van der Waals surface area contributed by atoms with Crippen molar-refractivity contribution in [3.05, 3.63) is 18.7 Å². The van der Waals surface area contributed by atoms with Gasteiger partial charge in [0.25, 0.3) is 6.36 Å². The quantitative estimate of drug-likeness (QED) is 0.159. The monoisotopic (exact) mass is 649 g/mol. The molecule has 0 amide bonds. The van der Waals surface area contributed by atoms with Gasteiger partial charge in [-0.25, -0.2) is 13.5 Å². The van der Waals surface area contributed by atoms with Crippen LogP contribution < -0.4 is 4.57 Å². The lowest BCUT2D eigenvalue weighted by atomic mass is 10.1. The summed E-state index contributed by atoms with van der Waals surface area (Å²) in [5, 5.41) is -6.43. The fraction of sp³-hybridized carbons (Fsp3) is 0.769. The van der Waals surface area contributed by atoms with E-state index < -0.39 is 66.2 Å². The molecule has 0 fully saturated rings. The van der Waals surface area contributed by atoms with Gasteiger partial charge in [0.2, 0.25) is 6.33 Å². The van der Waals surface area contributed by atoms with Crippen molar-refractivity contribution in [3.8, 4) is 0 Å². The molecule has 196 valence electrons. The molecule has 1 aromatic rings. The fourth-order valence-corrected chi connectivity index (χ4v) is 2.38. The molecule has 0 aromatic carbocycles. The lowest BCUT2D eigenvalue weighted by Crippen LogP contribution is -2.62. The van der Waals surface area contributed by atoms with E-state index in [1.165, 1.54) is 6.42 Å². The molecule has 1 aromatic heterocycles. The predicted molar refractivity (Wildman–Crippen MR) is 91.7 cm³/mol. The number of alkyl halides is 12. The zero-order chi connectivity index (χ0) is 26.7. The first-order chi connectivity index (χ1) is 14.5. The lowest BCUT2D eigenvalue weighted by Gasteiger charge is -2.35. The van der Waals surface area contributed by atoms with E-state index in [2.05, 4.69) is 34.8 Å². The Morgan fingerprint density at radius 1 is 1.03 bits per heavy atom. The van der Waals surface area contributed by atoms with E-state index in [0.29, 0.717) is 0 Å². The molecule has 1 unspecified atom stereocenters. The van der Waals surface area contributed by atoms with Crippen LogP contribution >= 0.6 is 22.6 Å². The standard InChI is InChI=1S/C7H13N2.C6HF12IO4S/c1-3-4-9-6-5-8(2)7-9;7-1(2(8,9)24(20,21)23-18)22-6(16,17)4(12,13)3(10,11)5(14,15)19/h5-7H,3-4H2,1-2H3;1H/q+1;. The highest BCUT2D eigenvalue weighted by Gasteiger charge is 2.82. The van der Waals surface area contributed by atoms with Crippen LogP contribution in [-0.4, -0.2) is 46.5 Å². The summed E-state index contributed by atoms with van der Waals surface area (Å²) in [5.74, 6) is -14.3. The third kappa shape index (κ3) is 6.99. The maximum atomic E-state index is 12.8. The molecule has 1 heterocycles. The number of ether oxygens (including phenoxy) is 1. The summed E-state index contributed by atoms with van der Waals surface area (Å²) in [7, 11) is -4.96. The summed E-state index contributed by atoms with van der Waals surface area (Å²) in [4.78, 5) is 0. The lowest BCUT2D eigenvalue weighted by molar-refractivity contribution is -0.671. The smallest absolute Gasteiger partial charge is 0.273 e. The van der Waals surface area contributed by atoms with Crippen LogP contribution in [0.1, 0.15) is 13.3 Å². The molecular formula is C13H14F12IN2O4S+. The predicted octanol–water partition coefficient (Wildman–Crippen LogP) is 4.74. The Hall–Kier alpha value is -1.03. The van der Waals surface area contributed by atoms with E-state index >= 15 is 0 Å². The highest BCUT2D eigenvalue weighted by atomic mass is 127. The van der Waals surface area contributed by atoms with Crippen LogP contribution in [0.2, 0.25) is 0 Å². The maximum Gasteiger partial charge on any atom is 0.428 e. The summed E-state index contributed by atoms with van der Waals surface area (Å²) in [6, 6.07) is 0. The van der Waals surface area contributed by atoms with Crippen LogP contribution in [0.3, 0.4) is 0 Å². The zero-order valence-corrected chi connectivity index (χ0v) is 19.0. The Balaban J connectivity index is 0.000000938. The van der Waals surface area contributed by atoms with E-state index in [-0.39, 0.29) is 0 Å². The van der Waals surface area contributed by atoms with Gasteiger partial charge in [-0.15, -0.1) is 0 Å². The van der Waals surface area contributed by atoms with Crippen LogP contribution in [-0.2, 0) is 32.8 Å². The fourth-order valence-electron chi connectivity index (χ4n) is 1.68. The van der Waals surface area contributed by atoms with Gasteiger partial charge in [0.15, 0.2) is 0 Å². The Morgan fingerprint density at radius 2 is 1.52 bits per heavy atom. The Kier molecular flexibility index (Phi) is 10.4. The van der Waals surface area contributed by atoms with Gasteiger partial charge < -0.3 is 0 Å². The molecule has 33 heavy (non-hydrogen) atoms. The molecule has 0 radical (unpaired) electrons. The summed E-state index contributed by atoms with van der Waals surface area (Å²) in [6.07, 6.45) is -5.06. The van der Waals surface area contributed by atoms with Crippen molar-refractivity contribution in [2.24, 2.45) is 7.05 Å². The Labute approximate surface area is 191 Å². The average molecular weight is 649 g/mol. The first-order valence-corrected chi connectivity index (χ1v) is 10.5. The van der Waals surface area contributed by atoms with Crippen LogP contribution in [0.5, 0.6) is 0 Å². The minimum atomic E-state index is -7.30. The second kappa shape index (κ2) is 10.7. The van der Waals surface area contributed by atoms with Gasteiger partial charge in [-0.2, -0.15) is 52.3 Å². The Bertz CT molecular complexity index is 875. The number of hydrogen-bond donors (Lipinski definition) is 0. The largest absolute Gasteiger partial charge is 0.428 e. The number of hydrogen-bond acceptors (Lipinski definition) is 4. The van der Waals surface area contributed by atoms with E-state index in [9.17, 15) is 61.2 Å². The van der Waals surface area contributed by atoms with Crippen LogP contribution in [0.15, 0.2) is 18.7 Å². The van der Waals surface area contributed by atoms with Crippen molar-refractivity contribution >= 4 is 32.7 Å². The van der Waals surface area contributed by atoms with Crippen LogP contribution in [0.4, 0.5) is 52.8 Å². The number of imidazole rings is 1. The molecule has 6 nitrogen and oxygen atoms in total. The molecule has 1 atom stereocenters. The molecule has 0 bridgehead atoms. The molecule has 0 saturated carbocycles. The van der Waals surface area contributed by atoms with Crippen molar-refractivity contribution < 1.29 is 74.9 Å². The van der Waals surface area contributed by atoms with Crippen molar-refractivity contribution in [1.29, 1.82) is 0 Å². The normalized spacial score (nSPS) is 15.1. The highest BCUT2D eigenvalue weighted by molar-refractivity contribution is 14.1. The Morgan fingerprint density at radius 3 is 1.85 bits per heavy atom. The molecule has 0 aliphatic rings. The average Bonchev–Trinajstić information content (AvgIpc) is 3.05. The molecule has 0 aliphatic heterocycles. The summed E-state index contributed by atoms with van der Waals surface area (Å²) < 4.78 is 173. The zero-order valence-electron chi connectivity index (χ0n) is 16.1. The second-order valence-corrected chi connectivity index (χ2v) is 8.93. The maximum absolute atomic E-state index is 12.8. The van der Waals surface area contributed by atoms with Gasteiger partial charge in [-0.1, -0.05) is 11.3 Å². The van der Waals surface area contributed by atoms with Crippen molar-refractivity contribution in [2.45, 2.75) is 53.4 Å². The summed E-state index contributed by atoms with van der Waals surface area (Å²) in [5.41, 5.74) is 0. The van der Waals surface area contributed by atoms with Gasteiger partial charge in [-0.3, -0.25) is 4.74 Å². The molecular weight excluding hydrogens is 635 g/mol. The number of rotatable bonds is 10. The SMILES string of the molecule is CCCn1cc[n+](C)c1.O=S(=O)(OF)C(F)(F)C(F)OC(F)(F)C(F)(F)C(F)(F)C(F)(F)I. The molecule has 0 N–H and O–H groups in total. The topological polar surface area (TPSA) is 61.4 Å². The van der Waals surface area contributed by atoms with Gasteiger partial charge in [0.05, 0.1) is 13.6 Å². The molecule has 0 spiro atoms. The van der Waals surface area contributed by atoms with Crippen LogP contribution in [0, 0.1) is 0 Å². The van der Waals surface area contributed by atoms with Crippen molar-refractivity contribution in [3.63, 3.8) is 0 Å². The third-order valence-electron chi connectivity index (χ3n) is 3.35. The van der Waals surface area contributed by atoms with Gasteiger partial charge in [-0.05, 0) is 10.9 Å². The summed E-state index contributed by atoms with van der Waals surface area (Å²) >= 11 is -0.706. The summed E-state index contributed by atoms with van der Waals surface area (Å²) in [6.45, 7) is 3.31. The molecule has 0 aliphatic carbocycles. The number of aryl methyl sites for hydroxylation is 2. The molecule has 20 heteroatoms. The number of aromatic nitrogens is 2. The van der Waals surface area contributed by atoms with Gasteiger partial charge >= 0.3 is 37.3 Å². The highest BCUT2D eigenvalue weighted by Crippen LogP contribution is 2.55. The first kappa shape index (κ1) is 32.0. The first-order valence-electron chi connectivity index (χ1n) is 7.97. The molecule has 0 saturated heterocycles. The third-order valence-corrected chi connectivity index (χ3v) is 5.05. The number of halogens is 13. The number of nitrogens with zero attached hydrogens (tertiary/aromatic N) is 2.